The first-order valence-electron chi connectivity index (χ1n) is 7.29. The van der Waals surface area contributed by atoms with Gasteiger partial charge in [0.1, 0.15) is 0 Å². The number of likely N-dealkylation sites (tertiary alicyclic amines) is 1. The molecule has 0 bridgehead atoms. The van der Waals surface area contributed by atoms with Gasteiger partial charge in [-0.15, -0.1) is 0 Å². The fraction of sp³-hybridized carbons (Fsp3) is 1.00. The molecular formula is C14H28N2O. The smallest absolute Gasteiger partial charge is 0.0669 e. The minimum atomic E-state index is -0.143. The molecule has 1 saturated heterocycles. The summed E-state index contributed by atoms with van der Waals surface area (Å²) < 4.78 is 0. The average Bonchev–Trinajstić information content (AvgIpc) is 2.67. The molecule has 1 aliphatic carbocycles. The zero-order chi connectivity index (χ0) is 12.3. The van der Waals surface area contributed by atoms with Crippen molar-refractivity contribution in [2.45, 2.75) is 57.6 Å². The van der Waals surface area contributed by atoms with Crippen molar-refractivity contribution in [3.8, 4) is 0 Å². The first kappa shape index (κ1) is 13.3. The Bertz CT molecular complexity index is 218. The summed E-state index contributed by atoms with van der Waals surface area (Å²) in [6, 6.07) is 0.303. The van der Waals surface area contributed by atoms with Crippen LogP contribution in [0.3, 0.4) is 0 Å². The highest BCUT2D eigenvalue weighted by Gasteiger charge is 2.25. The lowest BCUT2D eigenvalue weighted by molar-refractivity contribution is 0.0663. The second-order valence-corrected chi connectivity index (χ2v) is 6.36. The van der Waals surface area contributed by atoms with Gasteiger partial charge < -0.3 is 10.8 Å². The van der Waals surface area contributed by atoms with Crippen molar-refractivity contribution in [1.82, 2.24) is 4.90 Å². The van der Waals surface area contributed by atoms with Crippen LogP contribution in [0.15, 0.2) is 0 Å². The van der Waals surface area contributed by atoms with Gasteiger partial charge in [0, 0.05) is 25.7 Å². The van der Waals surface area contributed by atoms with Crippen molar-refractivity contribution >= 4 is 0 Å². The van der Waals surface area contributed by atoms with E-state index in [1.54, 1.807) is 0 Å². The normalized spacial score (nSPS) is 34.1. The van der Waals surface area contributed by atoms with Crippen molar-refractivity contribution in [1.29, 1.82) is 0 Å². The van der Waals surface area contributed by atoms with Gasteiger partial charge in [-0.05, 0) is 24.7 Å². The molecule has 0 aromatic rings. The van der Waals surface area contributed by atoms with Gasteiger partial charge in [0.15, 0.2) is 0 Å². The Kier molecular flexibility index (Phi) is 4.83. The Morgan fingerprint density at radius 2 is 2.00 bits per heavy atom. The largest absolute Gasteiger partial charge is 0.392 e. The molecule has 3 heteroatoms. The third-order valence-electron chi connectivity index (χ3n) is 4.32. The Morgan fingerprint density at radius 1 is 1.29 bits per heavy atom. The highest BCUT2D eigenvalue weighted by Crippen LogP contribution is 2.29. The molecule has 1 aliphatic heterocycles. The molecule has 0 aromatic heterocycles. The number of aliphatic hydroxyl groups excluding tert-OH is 1. The lowest BCUT2D eigenvalue weighted by atomic mass is 9.95. The highest BCUT2D eigenvalue weighted by molar-refractivity contribution is 4.81. The molecule has 100 valence electrons. The molecule has 3 N–H and O–H groups in total. The summed E-state index contributed by atoms with van der Waals surface area (Å²) >= 11 is 0. The van der Waals surface area contributed by atoms with Gasteiger partial charge in [0.05, 0.1) is 6.10 Å². The third kappa shape index (κ3) is 4.23. The number of hydrogen-bond acceptors (Lipinski definition) is 3. The fourth-order valence-electron chi connectivity index (χ4n) is 3.67. The summed E-state index contributed by atoms with van der Waals surface area (Å²) in [6.45, 7) is 5.16. The van der Waals surface area contributed by atoms with E-state index >= 15 is 0 Å². The summed E-state index contributed by atoms with van der Waals surface area (Å²) in [6.07, 6.45) is 7.37. The molecule has 2 rings (SSSR count). The molecule has 3 nitrogen and oxygen atoms in total. The summed E-state index contributed by atoms with van der Waals surface area (Å²) in [5, 5.41) is 10.2. The van der Waals surface area contributed by atoms with Crippen LogP contribution in [0.1, 0.15) is 45.4 Å². The first-order chi connectivity index (χ1) is 8.13. The molecule has 0 amide bonds. The molecule has 1 heterocycles. The maximum atomic E-state index is 10.2. The number of rotatable bonds is 4. The minimum Gasteiger partial charge on any atom is -0.392 e. The van der Waals surface area contributed by atoms with E-state index in [4.69, 9.17) is 5.73 Å². The molecule has 3 unspecified atom stereocenters. The van der Waals surface area contributed by atoms with E-state index < -0.39 is 0 Å². The van der Waals surface area contributed by atoms with E-state index in [0.717, 1.165) is 38.4 Å². The zero-order valence-electron chi connectivity index (χ0n) is 11.1. The summed E-state index contributed by atoms with van der Waals surface area (Å²) in [4.78, 5) is 2.36. The van der Waals surface area contributed by atoms with E-state index in [-0.39, 0.29) is 6.10 Å². The van der Waals surface area contributed by atoms with Gasteiger partial charge in [-0.3, -0.25) is 4.90 Å². The maximum Gasteiger partial charge on any atom is 0.0669 e. The Morgan fingerprint density at radius 3 is 2.65 bits per heavy atom. The second-order valence-electron chi connectivity index (χ2n) is 6.36. The summed E-state index contributed by atoms with van der Waals surface area (Å²) in [5.74, 6) is 1.46. The number of nitrogens with two attached hydrogens (primary N) is 1. The van der Waals surface area contributed by atoms with E-state index in [0.29, 0.717) is 12.0 Å². The van der Waals surface area contributed by atoms with Crippen molar-refractivity contribution in [2.24, 2.45) is 17.6 Å². The second kappa shape index (κ2) is 6.17. The van der Waals surface area contributed by atoms with Crippen molar-refractivity contribution in [3.63, 3.8) is 0 Å². The van der Waals surface area contributed by atoms with Gasteiger partial charge in [-0.25, -0.2) is 0 Å². The average molecular weight is 240 g/mol. The lowest BCUT2D eigenvalue weighted by Crippen LogP contribution is -2.48. The summed E-state index contributed by atoms with van der Waals surface area (Å²) in [5.41, 5.74) is 6.03. The van der Waals surface area contributed by atoms with Crippen LogP contribution >= 0.6 is 0 Å². The highest BCUT2D eigenvalue weighted by atomic mass is 16.3. The molecule has 3 atom stereocenters. The number of nitrogens with zero attached hydrogens (tertiary/aromatic N) is 1. The van der Waals surface area contributed by atoms with Gasteiger partial charge in [-0.2, -0.15) is 0 Å². The molecule has 17 heavy (non-hydrogen) atoms. The van der Waals surface area contributed by atoms with Crippen LogP contribution in [0, 0.1) is 11.8 Å². The lowest BCUT2D eigenvalue weighted by Gasteiger charge is -2.36. The van der Waals surface area contributed by atoms with Gasteiger partial charge >= 0.3 is 0 Å². The molecular weight excluding hydrogens is 212 g/mol. The predicted molar refractivity (Wildman–Crippen MR) is 70.8 cm³/mol. The van der Waals surface area contributed by atoms with Gasteiger partial charge in [0.2, 0.25) is 0 Å². The number of aliphatic hydroxyl groups is 1. The zero-order valence-corrected chi connectivity index (χ0v) is 11.1. The van der Waals surface area contributed by atoms with Crippen molar-refractivity contribution < 1.29 is 5.11 Å². The van der Waals surface area contributed by atoms with Gasteiger partial charge in [-0.1, -0.05) is 32.6 Å². The maximum absolute atomic E-state index is 10.2. The van der Waals surface area contributed by atoms with E-state index in [9.17, 15) is 5.11 Å². The molecule has 2 aliphatic rings. The van der Waals surface area contributed by atoms with Crippen LogP contribution < -0.4 is 5.73 Å². The molecule has 2 fully saturated rings. The standard InChI is InChI=1S/C14H28N2O/c1-11-6-13(15)9-16(8-11)10-14(17)7-12-4-2-3-5-12/h11-14,17H,2-10,15H2,1H3. The van der Waals surface area contributed by atoms with Crippen LogP contribution in [-0.2, 0) is 0 Å². The van der Waals surface area contributed by atoms with E-state index in [2.05, 4.69) is 11.8 Å². The Hall–Kier alpha value is -0.120. The monoisotopic (exact) mass is 240 g/mol. The topological polar surface area (TPSA) is 49.5 Å². The van der Waals surface area contributed by atoms with Crippen LogP contribution in [0.5, 0.6) is 0 Å². The number of hydrogen-bond donors (Lipinski definition) is 2. The first-order valence-corrected chi connectivity index (χ1v) is 7.29. The number of piperidine rings is 1. The SMILES string of the molecule is CC1CC(N)CN(CC(O)CC2CCCC2)C1. The molecule has 0 spiro atoms. The fourth-order valence-corrected chi connectivity index (χ4v) is 3.67. The Balaban J connectivity index is 1.71. The third-order valence-corrected chi connectivity index (χ3v) is 4.32. The molecule has 0 aromatic carbocycles. The predicted octanol–water partition coefficient (Wildman–Crippen LogP) is 1.60. The Labute approximate surface area is 105 Å². The summed E-state index contributed by atoms with van der Waals surface area (Å²) in [7, 11) is 0. The van der Waals surface area contributed by atoms with Crippen molar-refractivity contribution in [2.75, 3.05) is 19.6 Å². The van der Waals surface area contributed by atoms with Crippen LogP contribution in [-0.4, -0.2) is 41.8 Å². The van der Waals surface area contributed by atoms with E-state index in [1.165, 1.54) is 25.7 Å². The molecule has 1 saturated carbocycles. The van der Waals surface area contributed by atoms with Gasteiger partial charge in [0.25, 0.3) is 0 Å². The molecule has 0 radical (unpaired) electrons. The van der Waals surface area contributed by atoms with Crippen molar-refractivity contribution in [3.05, 3.63) is 0 Å². The quantitative estimate of drug-likeness (QED) is 0.784. The van der Waals surface area contributed by atoms with Crippen LogP contribution in [0.25, 0.3) is 0 Å². The number of β-amino-alcohol motifs (C(OH)–C–C–N with tert-alkyl or cyclic N) is 1. The van der Waals surface area contributed by atoms with E-state index in [1.807, 2.05) is 0 Å². The van der Waals surface area contributed by atoms with Crippen LogP contribution in [0.4, 0.5) is 0 Å². The van der Waals surface area contributed by atoms with Crippen LogP contribution in [0.2, 0.25) is 0 Å². The minimum absolute atomic E-state index is 0.143.